The van der Waals surface area contributed by atoms with Gasteiger partial charge in [-0.3, -0.25) is 9.78 Å². The Bertz CT molecular complexity index is 1240. The molecule has 0 fully saturated rings. The quantitative estimate of drug-likeness (QED) is 0.419. The van der Waals surface area contributed by atoms with Crippen molar-refractivity contribution in [2.45, 2.75) is 33.0 Å². The lowest BCUT2D eigenvalue weighted by atomic mass is 10.0. The zero-order chi connectivity index (χ0) is 23.4. The molecule has 4 rings (SSSR count). The van der Waals surface area contributed by atoms with Crippen LogP contribution in [0.1, 0.15) is 31.0 Å². The van der Waals surface area contributed by atoms with E-state index in [9.17, 15) is 13.6 Å². The smallest absolute Gasteiger partial charge is 0.243 e. The molecule has 2 aromatic heterocycles. The molecule has 1 N–H and O–H groups in total. The summed E-state index contributed by atoms with van der Waals surface area (Å²) >= 11 is 0. The molecular formula is C25H24F2N4O2. The number of rotatable bonds is 8. The molecule has 0 saturated heterocycles. The maximum Gasteiger partial charge on any atom is 0.243 e. The van der Waals surface area contributed by atoms with Crippen LogP contribution in [-0.2, 0) is 17.9 Å². The van der Waals surface area contributed by atoms with Crippen LogP contribution in [0.5, 0.6) is 5.75 Å². The summed E-state index contributed by atoms with van der Waals surface area (Å²) < 4.78 is 34.7. The first-order chi connectivity index (χ1) is 15.9. The molecule has 1 amide bonds. The number of pyridine rings is 1. The van der Waals surface area contributed by atoms with Crippen LogP contribution in [0.25, 0.3) is 11.0 Å². The lowest BCUT2D eigenvalue weighted by Gasteiger charge is -2.22. The van der Waals surface area contributed by atoms with Crippen LogP contribution >= 0.6 is 0 Å². The molecule has 170 valence electrons. The Morgan fingerprint density at radius 1 is 1.09 bits per heavy atom. The molecule has 8 heteroatoms. The van der Waals surface area contributed by atoms with Crippen molar-refractivity contribution in [2.75, 3.05) is 0 Å². The number of imidazole rings is 1. The van der Waals surface area contributed by atoms with Crippen molar-refractivity contribution in [1.82, 2.24) is 19.9 Å². The van der Waals surface area contributed by atoms with Gasteiger partial charge in [-0.2, -0.15) is 0 Å². The van der Waals surface area contributed by atoms with Gasteiger partial charge < -0.3 is 14.6 Å². The van der Waals surface area contributed by atoms with Crippen molar-refractivity contribution < 1.29 is 18.3 Å². The third-order valence-electron chi connectivity index (χ3n) is 5.34. The minimum absolute atomic E-state index is 0.0984. The van der Waals surface area contributed by atoms with E-state index in [1.165, 1.54) is 6.33 Å². The van der Waals surface area contributed by atoms with Gasteiger partial charge in [0.1, 0.15) is 18.4 Å². The van der Waals surface area contributed by atoms with Gasteiger partial charge in [0.25, 0.3) is 0 Å². The van der Waals surface area contributed by atoms with E-state index in [4.69, 9.17) is 4.74 Å². The number of carbonyl (C=O) groups is 1. The highest BCUT2D eigenvalue weighted by Crippen LogP contribution is 2.26. The van der Waals surface area contributed by atoms with E-state index in [-0.39, 0.29) is 11.8 Å². The Hall–Kier alpha value is -3.81. The summed E-state index contributed by atoms with van der Waals surface area (Å²) in [5, 5.41) is 2.93. The van der Waals surface area contributed by atoms with Gasteiger partial charge in [-0.25, -0.2) is 13.8 Å². The number of nitrogens with one attached hydrogen (secondary N) is 1. The van der Waals surface area contributed by atoms with Crippen molar-refractivity contribution in [3.05, 3.63) is 90.0 Å². The predicted octanol–water partition coefficient (Wildman–Crippen LogP) is 4.80. The fourth-order valence-corrected chi connectivity index (χ4v) is 3.64. The van der Waals surface area contributed by atoms with Crippen molar-refractivity contribution >= 4 is 16.9 Å². The van der Waals surface area contributed by atoms with E-state index in [2.05, 4.69) is 15.3 Å². The van der Waals surface area contributed by atoms with Gasteiger partial charge in [0, 0.05) is 36.6 Å². The Labute approximate surface area is 190 Å². The van der Waals surface area contributed by atoms with Crippen molar-refractivity contribution in [2.24, 2.45) is 5.92 Å². The SMILES string of the molecule is CC(C)C(C(=O)NCc1ccc(OCc2cccnc2)cc1)n1cnc2cc(F)c(F)cc21. The number of benzene rings is 2. The molecular weight excluding hydrogens is 426 g/mol. The Balaban J connectivity index is 1.41. The van der Waals surface area contributed by atoms with Crippen molar-refractivity contribution in [3.8, 4) is 5.75 Å². The summed E-state index contributed by atoms with van der Waals surface area (Å²) in [6.07, 6.45) is 4.91. The average molecular weight is 450 g/mol. The van der Waals surface area contributed by atoms with Crippen LogP contribution in [0, 0.1) is 17.6 Å². The molecule has 0 spiro atoms. The number of fused-ring (bicyclic) bond motifs is 1. The predicted molar refractivity (Wildman–Crippen MR) is 120 cm³/mol. The van der Waals surface area contributed by atoms with E-state index in [0.717, 1.165) is 23.3 Å². The minimum Gasteiger partial charge on any atom is -0.489 e. The standard InChI is InChI=1S/C25H24F2N4O2/c1-16(2)24(31-15-30-22-10-20(26)21(27)11-23(22)31)25(32)29-13-17-5-7-19(8-6-17)33-14-18-4-3-9-28-12-18/h3-12,15-16,24H,13-14H2,1-2H3,(H,29,32). The number of hydrogen-bond donors (Lipinski definition) is 1. The number of aromatic nitrogens is 3. The first-order valence-electron chi connectivity index (χ1n) is 10.6. The molecule has 0 saturated carbocycles. The molecule has 0 aliphatic rings. The van der Waals surface area contributed by atoms with E-state index in [1.807, 2.05) is 50.2 Å². The maximum absolute atomic E-state index is 13.8. The molecule has 33 heavy (non-hydrogen) atoms. The van der Waals surface area contributed by atoms with E-state index >= 15 is 0 Å². The number of hydrogen-bond acceptors (Lipinski definition) is 4. The third kappa shape index (κ3) is 5.16. The van der Waals surface area contributed by atoms with Crippen LogP contribution < -0.4 is 10.1 Å². The molecule has 2 heterocycles. The van der Waals surface area contributed by atoms with Gasteiger partial charge in [0.2, 0.25) is 5.91 Å². The lowest BCUT2D eigenvalue weighted by molar-refractivity contribution is -0.125. The second-order valence-corrected chi connectivity index (χ2v) is 8.11. The van der Waals surface area contributed by atoms with E-state index in [1.54, 1.807) is 17.0 Å². The molecule has 2 aromatic carbocycles. The Morgan fingerprint density at radius 2 is 1.85 bits per heavy atom. The molecule has 4 aromatic rings. The van der Waals surface area contributed by atoms with Gasteiger partial charge >= 0.3 is 0 Å². The fraction of sp³-hybridized carbons (Fsp3) is 0.240. The van der Waals surface area contributed by atoms with Gasteiger partial charge in [0.05, 0.1) is 17.4 Å². The Kier molecular flexibility index (Phi) is 6.63. The number of halogens is 2. The molecule has 0 aliphatic carbocycles. The largest absolute Gasteiger partial charge is 0.489 e. The summed E-state index contributed by atoms with van der Waals surface area (Å²) in [5.74, 6) is -1.55. The first-order valence-corrected chi connectivity index (χ1v) is 10.6. The highest BCUT2D eigenvalue weighted by Gasteiger charge is 2.26. The second-order valence-electron chi connectivity index (χ2n) is 8.11. The van der Waals surface area contributed by atoms with Gasteiger partial charge in [-0.1, -0.05) is 32.0 Å². The summed E-state index contributed by atoms with van der Waals surface area (Å²) in [6, 6.07) is 12.7. The van der Waals surface area contributed by atoms with Crippen LogP contribution in [0.15, 0.2) is 67.3 Å². The molecule has 1 atom stereocenters. The first kappa shape index (κ1) is 22.4. The van der Waals surface area contributed by atoms with E-state index < -0.39 is 17.7 Å². The molecule has 6 nitrogen and oxygen atoms in total. The molecule has 0 radical (unpaired) electrons. The van der Waals surface area contributed by atoms with Crippen LogP contribution in [0.2, 0.25) is 0 Å². The summed E-state index contributed by atoms with van der Waals surface area (Å²) in [5.41, 5.74) is 2.55. The van der Waals surface area contributed by atoms with Crippen molar-refractivity contribution in [1.29, 1.82) is 0 Å². The van der Waals surface area contributed by atoms with E-state index in [0.29, 0.717) is 29.9 Å². The second kappa shape index (κ2) is 9.77. The van der Waals surface area contributed by atoms with Crippen molar-refractivity contribution in [3.63, 3.8) is 0 Å². The molecule has 0 aliphatic heterocycles. The average Bonchev–Trinajstić information content (AvgIpc) is 3.20. The highest BCUT2D eigenvalue weighted by atomic mass is 19.2. The summed E-state index contributed by atoms with van der Waals surface area (Å²) in [6.45, 7) is 4.53. The zero-order valence-electron chi connectivity index (χ0n) is 18.3. The number of amides is 1. The van der Waals surface area contributed by atoms with Gasteiger partial charge in [-0.05, 0) is 29.7 Å². The third-order valence-corrected chi connectivity index (χ3v) is 5.34. The monoisotopic (exact) mass is 450 g/mol. The van der Waals surface area contributed by atoms with Crippen LogP contribution in [0.3, 0.4) is 0 Å². The fourth-order valence-electron chi connectivity index (χ4n) is 3.64. The number of carbonyl (C=O) groups excluding carboxylic acids is 1. The normalized spacial score (nSPS) is 12.2. The topological polar surface area (TPSA) is 69.0 Å². The number of nitrogens with zero attached hydrogens (tertiary/aromatic N) is 3. The summed E-state index contributed by atoms with van der Waals surface area (Å²) in [7, 11) is 0. The Morgan fingerprint density at radius 3 is 2.55 bits per heavy atom. The van der Waals surface area contributed by atoms with Crippen LogP contribution in [-0.4, -0.2) is 20.4 Å². The van der Waals surface area contributed by atoms with Gasteiger partial charge in [-0.15, -0.1) is 0 Å². The molecule has 1 unspecified atom stereocenters. The summed E-state index contributed by atoms with van der Waals surface area (Å²) in [4.78, 5) is 21.2. The zero-order valence-corrected chi connectivity index (χ0v) is 18.3. The number of ether oxygens (including phenoxy) is 1. The minimum atomic E-state index is -0.974. The van der Waals surface area contributed by atoms with Gasteiger partial charge in [0.15, 0.2) is 11.6 Å². The lowest BCUT2D eigenvalue weighted by Crippen LogP contribution is -2.34. The maximum atomic E-state index is 13.8. The highest BCUT2D eigenvalue weighted by molar-refractivity contribution is 5.84. The van der Waals surface area contributed by atoms with Crippen LogP contribution in [0.4, 0.5) is 8.78 Å². The molecule has 0 bridgehead atoms.